The van der Waals surface area contributed by atoms with Gasteiger partial charge in [-0.15, -0.1) is 23.2 Å². The van der Waals surface area contributed by atoms with Crippen molar-refractivity contribution in [2.75, 3.05) is 13.1 Å². The number of halogens is 8. The number of alkyl halides is 2. The van der Waals surface area contributed by atoms with Crippen LogP contribution in [0.2, 0.25) is 0 Å². The van der Waals surface area contributed by atoms with Gasteiger partial charge in [0.15, 0.2) is 0 Å². The summed E-state index contributed by atoms with van der Waals surface area (Å²) in [5.41, 5.74) is 0.977. The van der Waals surface area contributed by atoms with Gasteiger partial charge in [0.2, 0.25) is 0 Å². The number of hydrogen-bond acceptors (Lipinski definition) is 2. The van der Waals surface area contributed by atoms with Crippen LogP contribution in [0.4, 0.5) is 4.79 Å². The molecule has 1 fully saturated rings. The second-order valence-electron chi connectivity index (χ2n) is 5.77. The van der Waals surface area contributed by atoms with E-state index in [2.05, 4.69) is 0 Å². The zero-order valence-corrected chi connectivity index (χ0v) is 22.5. The molecule has 12 heteroatoms. The summed E-state index contributed by atoms with van der Waals surface area (Å²) < 4.78 is 4.55. The van der Waals surface area contributed by atoms with Crippen LogP contribution >= 0.6 is 79.7 Å². The SMILES string of the molecule is CC1CN(C(=O)OCc2ccccc2)CCC1(Cl)Cl.[Cl][W]([Cl])([Cl])([Cl])([Cl])[Cl]. The van der Waals surface area contributed by atoms with Crippen molar-refractivity contribution in [1.82, 2.24) is 4.90 Å². The Kier molecular flexibility index (Phi) is 8.54. The van der Waals surface area contributed by atoms with Crippen molar-refractivity contribution in [3.05, 3.63) is 35.9 Å². The third-order valence-electron chi connectivity index (χ3n) is 3.39. The Morgan fingerprint density at radius 3 is 2.12 bits per heavy atom. The molecule has 0 aromatic heterocycles. The van der Waals surface area contributed by atoms with Gasteiger partial charge in [-0.05, 0) is 12.0 Å². The molecular formula is C14H17Cl8NO2W. The average Bonchev–Trinajstić information content (AvgIpc) is 2.45. The van der Waals surface area contributed by atoms with Crippen LogP contribution in [0.1, 0.15) is 18.9 Å². The molecule has 1 heterocycles. The first kappa shape index (κ1) is 25.5. The average molecular weight is 699 g/mol. The molecule has 152 valence electrons. The van der Waals surface area contributed by atoms with Gasteiger partial charge in [-0.1, -0.05) is 37.3 Å². The second-order valence-corrected chi connectivity index (χ2v) is 70.9. The Morgan fingerprint density at radius 1 is 1.15 bits per heavy atom. The van der Waals surface area contributed by atoms with Gasteiger partial charge in [0, 0.05) is 19.0 Å². The van der Waals surface area contributed by atoms with E-state index in [1.165, 1.54) is 0 Å². The van der Waals surface area contributed by atoms with E-state index in [4.69, 9.17) is 84.4 Å². The third-order valence-corrected chi connectivity index (χ3v) is 4.52. The van der Waals surface area contributed by atoms with Crippen molar-refractivity contribution in [3.8, 4) is 0 Å². The van der Waals surface area contributed by atoms with Gasteiger partial charge in [0.25, 0.3) is 0 Å². The van der Waals surface area contributed by atoms with Crippen LogP contribution in [-0.2, 0) is 18.7 Å². The molecule has 3 nitrogen and oxygen atoms in total. The summed E-state index contributed by atoms with van der Waals surface area (Å²) in [6, 6.07) is 9.62. The number of nitrogens with zero attached hydrogens (tertiary/aromatic N) is 1. The predicted molar refractivity (Wildman–Crippen MR) is 112 cm³/mol. The van der Waals surface area contributed by atoms with Crippen LogP contribution in [0.5, 0.6) is 0 Å². The predicted octanol–water partition coefficient (Wildman–Crippen LogP) is 7.97. The zero-order valence-electron chi connectivity index (χ0n) is 13.5. The van der Waals surface area contributed by atoms with Crippen LogP contribution in [0, 0.1) is 5.92 Å². The summed E-state index contributed by atoms with van der Waals surface area (Å²) in [6.07, 6.45) is 0.261. The molecule has 0 aliphatic carbocycles. The Morgan fingerprint density at radius 2 is 1.65 bits per heavy atom. The van der Waals surface area contributed by atoms with Crippen LogP contribution in [0.15, 0.2) is 30.3 Å². The fourth-order valence-corrected chi connectivity index (χ4v) is 2.37. The van der Waals surface area contributed by atoms with Crippen LogP contribution in [0.3, 0.4) is 0 Å². The van der Waals surface area contributed by atoms with E-state index >= 15 is 0 Å². The summed E-state index contributed by atoms with van der Waals surface area (Å²) in [4.78, 5) is 13.6. The molecule has 1 aromatic carbocycles. The van der Waals surface area contributed by atoms with Gasteiger partial charge < -0.3 is 9.64 Å². The van der Waals surface area contributed by atoms with Crippen molar-refractivity contribution in [2.24, 2.45) is 5.92 Å². The van der Waals surface area contributed by atoms with Crippen LogP contribution in [-0.4, -0.2) is 28.4 Å². The molecule has 0 bridgehead atoms. The fraction of sp³-hybridized carbons (Fsp3) is 0.500. The Balaban J connectivity index is 0.000000412. The van der Waals surface area contributed by atoms with Crippen LogP contribution < -0.4 is 0 Å². The van der Waals surface area contributed by atoms with Crippen molar-refractivity contribution in [2.45, 2.75) is 24.3 Å². The van der Waals surface area contributed by atoms with Gasteiger partial charge in [-0.3, -0.25) is 0 Å². The van der Waals surface area contributed by atoms with Crippen molar-refractivity contribution < 1.29 is 16.8 Å². The summed E-state index contributed by atoms with van der Waals surface area (Å²) >= 11 is 12.3. The van der Waals surface area contributed by atoms with Crippen LogP contribution in [0.25, 0.3) is 0 Å². The van der Waals surface area contributed by atoms with Crippen molar-refractivity contribution in [3.63, 3.8) is 0 Å². The van der Waals surface area contributed by atoms with E-state index < -0.39 is 11.6 Å². The summed E-state index contributed by atoms with van der Waals surface area (Å²) in [5.74, 6) is 0.0360. The molecule has 1 unspecified atom stereocenters. The number of carbonyl (C=O) groups excluding carboxylic acids is 1. The Hall–Kier alpha value is 1.50. The van der Waals surface area contributed by atoms with E-state index in [0.717, 1.165) is 5.56 Å². The third kappa shape index (κ3) is 12.9. The summed E-state index contributed by atoms with van der Waals surface area (Å²) in [5, 5.41) is 0. The van der Waals surface area contributed by atoms with Crippen molar-refractivity contribution in [1.29, 1.82) is 0 Å². The number of likely N-dealkylation sites (tertiary alicyclic amines) is 1. The molecule has 1 saturated heterocycles. The molecule has 0 saturated carbocycles. The Labute approximate surface area is 185 Å². The maximum atomic E-state index is 11.9. The number of carbonyl (C=O) groups is 1. The summed E-state index contributed by atoms with van der Waals surface area (Å²) in [6.45, 7) is 3.29. The molecule has 1 aliphatic heterocycles. The molecule has 1 atom stereocenters. The molecule has 0 spiro atoms. The molecular weight excluding hydrogens is 682 g/mol. The minimum atomic E-state index is -5.47. The number of amides is 1. The standard InChI is InChI=1S/C14H17Cl2NO2.6ClH.W/c1-11-9-17(8-7-14(11,15)16)13(18)19-10-12-5-3-2-4-6-12;;;;;;;/h2-6,11H,7-10H2,1H3;6*1H;/q;;;;;;;+6/p-6. The number of rotatable bonds is 2. The fourth-order valence-electron chi connectivity index (χ4n) is 2.06. The van der Waals surface area contributed by atoms with Gasteiger partial charge in [-0.25, -0.2) is 4.79 Å². The quantitative estimate of drug-likeness (QED) is 0.294. The number of benzene rings is 1. The number of ether oxygens (including phenoxy) is 1. The maximum absolute atomic E-state index is 11.9. The Bertz CT molecular complexity index is 609. The van der Waals surface area contributed by atoms with E-state index in [9.17, 15) is 4.79 Å². The van der Waals surface area contributed by atoms with E-state index in [-0.39, 0.29) is 18.6 Å². The minimum absolute atomic E-state index is 0.0360. The monoisotopic (exact) mass is 695 g/mol. The molecule has 26 heavy (non-hydrogen) atoms. The van der Waals surface area contributed by atoms with Gasteiger partial charge in [0.1, 0.15) is 10.9 Å². The first-order chi connectivity index (χ1) is 11.4. The zero-order chi connectivity index (χ0) is 20.3. The topological polar surface area (TPSA) is 29.5 Å². The molecule has 1 amide bonds. The molecule has 1 aromatic rings. The molecule has 0 radical (unpaired) electrons. The first-order valence-corrected chi connectivity index (χ1v) is 29.8. The van der Waals surface area contributed by atoms with Crippen molar-refractivity contribution >= 4 is 85.8 Å². The van der Waals surface area contributed by atoms with E-state index in [1.54, 1.807) is 4.90 Å². The van der Waals surface area contributed by atoms with Gasteiger partial charge >= 0.3 is 69.9 Å². The van der Waals surface area contributed by atoms with Gasteiger partial charge in [0.05, 0.1) is 0 Å². The molecule has 2 rings (SSSR count). The summed E-state index contributed by atoms with van der Waals surface area (Å²) in [7, 11) is 24.9. The normalized spacial score (nSPS) is 22.3. The van der Waals surface area contributed by atoms with Gasteiger partial charge in [-0.2, -0.15) is 0 Å². The first-order valence-electron chi connectivity index (χ1n) is 7.25. The molecule has 1 aliphatic rings. The number of hydrogen-bond donors (Lipinski definition) is 0. The number of piperidine rings is 1. The molecule has 0 N–H and O–H groups in total. The second kappa shape index (κ2) is 8.70. The van der Waals surface area contributed by atoms with E-state index in [0.29, 0.717) is 19.5 Å². The van der Waals surface area contributed by atoms with E-state index in [1.807, 2.05) is 37.3 Å².